The highest BCUT2D eigenvalue weighted by Gasteiger charge is 2.29. The third-order valence-electron chi connectivity index (χ3n) is 5.33. The normalized spacial score (nSPS) is 20.6. The molecule has 150 valence electrons. The molecule has 1 amide bonds. The van der Waals surface area contributed by atoms with Gasteiger partial charge in [0.25, 0.3) is 0 Å². The molecule has 3 N–H and O–H groups in total. The topological polar surface area (TPSA) is 73.6 Å². The van der Waals surface area contributed by atoms with E-state index in [1.54, 1.807) is 0 Å². The average molecular weight is 403 g/mol. The maximum Gasteiger partial charge on any atom is 0.249 e. The molecule has 0 unspecified atom stereocenters. The molecule has 2 aromatic rings. The van der Waals surface area contributed by atoms with Crippen molar-refractivity contribution >= 4 is 18.3 Å². The van der Waals surface area contributed by atoms with Crippen molar-refractivity contribution in [2.24, 2.45) is 5.73 Å². The minimum Gasteiger partial charge on any atom is -0.493 e. The van der Waals surface area contributed by atoms with E-state index in [2.05, 4.69) is 47.8 Å². The van der Waals surface area contributed by atoms with Gasteiger partial charge in [0.2, 0.25) is 5.91 Å². The van der Waals surface area contributed by atoms with Crippen LogP contribution in [-0.4, -0.2) is 31.3 Å². The van der Waals surface area contributed by atoms with Crippen LogP contribution in [0.25, 0.3) is 11.1 Å². The Labute approximate surface area is 172 Å². The Hall–Kier alpha value is -2.08. The molecule has 4 rings (SSSR count). The number of nitrogens with one attached hydrogen (secondary N) is 1. The average Bonchev–Trinajstić information content (AvgIpc) is 3.21. The summed E-state index contributed by atoms with van der Waals surface area (Å²) in [7, 11) is 0. The third kappa shape index (κ3) is 4.66. The molecule has 1 saturated heterocycles. The molecular weight excluding hydrogens is 376 g/mol. The summed E-state index contributed by atoms with van der Waals surface area (Å²) in [5.41, 5.74) is 10.3. The predicted octanol–water partition coefficient (Wildman–Crippen LogP) is 3.22. The monoisotopic (exact) mass is 402 g/mol. The summed E-state index contributed by atoms with van der Waals surface area (Å²) in [6, 6.07) is 14.7. The van der Waals surface area contributed by atoms with Crippen LogP contribution in [0.4, 0.5) is 0 Å². The maximum absolute atomic E-state index is 12.2. The molecule has 6 heteroatoms. The van der Waals surface area contributed by atoms with E-state index >= 15 is 0 Å². The molecule has 0 spiro atoms. The quantitative estimate of drug-likeness (QED) is 0.805. The number of carbonyl (C=O) groups excluding carboxylic acids is 1. The van der Waals surface area contributed by atoms with E-state index in [0.29, 0.717) is 13.1 Å². The van der Waals surface area contributed by atoms with Crippen molar-refractivity contribution in [2.75, 3.05) is 13.2 Å². The van der Waals surface area contributed by atoms with Crippen molar-refractivity contribution in [3.63, 3.8) is 0 Å². The Morgan fingerprint density at radius 1 is 1.11 bits per heavy atom. The van der Waals surface area contributed by atoms with Gasteiger partial charge in [-0.1, -0.05) is 30.3 Å². The maximum atomic E-state index is 12.2. The van der Waals surface area contributed by atoms with Gasteiger partial charge in [0.05, 0.1) is 12.7 Å². The van der Waals surface area contributed by atoms with E-state index in [4.69, 9.17) is 15.2 Å². The molecule has 0 bridgehead atoms. The van der Waals surface area contributed by atoms with E-state index in [9.17, 15) is 4.79 Å². The van der Waals surface area contributed by atoms with E-state index in [1.807, 2.05) is 0 Å². The molecule has 0 radical (unpaired) electrons. The summed E-state index contributed by atoms with van der Waals surface area (Å²) in [4.78, 5) is 12.2. The van der Waals surface area contributed by atoms with Crippen LogP contribution in [0.15, 0.2) is 42.5 Å². The predicted molar refractivity (Wildman–Crippen MR) is 112 cm³/mol. The smallest absolute Gasteiger partial charge is 0.249 e. The number of hydrogen-bond acceptors (Lipinski definition) is 4. The van der Waals surface area contributed by atoms with Gasteiger partial charge in [-0.3, -0.25) is 4.79 Å². The summed E-state index contributed by atoms with van der Waals surface area (Å²) < 4.78 is 11.3. The van der Waals surface area contributed by atoms with Gasteiger partial charge in [-0.15, -0.1) is 12.4 Å². The molecule has 2 aliphatic heterocycles. The molecule has 1 fully saturated rings. The number of nitrogens with two attached hydrogens (primary N) is 1. The second-order valence-electron chi connectivity index (χ2n) is 7.25. The molecule has 2 heterocycles. The zero-order chi connectivity index (χ0) is 18.6. The Morgan fingerprint density at radius 2 is 1.89 bits per heavy atom. The summed E-state index contributed by atoms with van der Waals surface area (Å²) in [6.07, 6.45) is 3.40. The van der Waals surface area contributed by atoms with Gasteiger partial charge in [-0.25, -0.2) is 0 Å². The fourth-order valence-electron chi connectivity index (χ4n) is 3.73. The zero-order valence-electron chi connectivity index (χ0n) is 15.9. The lowest BCUT2D eigenvalue weighted by Gasteiger charge is -2.18. The van der Waals surface area contributed by atoms with Crippen molar-refractivity contribution in [1.29, 1.82) is 0 Å². The number of aryl methyl sites for hydroxylation is 1. The Kier molecular flexibility index (Phi) is 6.94. The van der Waals surface area contributed by atoms with Gasteiger partial charge >= 0.3 is 0 Å². The molecular formula is C22H27ClN2O3. The number of halogens is 1. The minimum atomic E-state index is -0.365. The van der Waals surface area contributed by atoms with Crippen molar-refractivity contribution in [1.82, 2.24) is 5.32 Å². The van der Waals surface area contributed by atoms with E-state index in [1.165, 1.54) is 16.7 Å². The Morgan fingerprint density at radius 3 is 2.64 bits per heavy atom. The van der Waals surface area contributed by atoms with E-state index < -0.39 is 0 Å². The number of carbonyl (C=O) groups is 1. The summed E-state index contributed by atoms with van der Waals surface area (Å²) in [5.74, 6) is 0.958. The summed E-state index contributed by atoms with van der Waals surface area (Å²) in [6.45, 7) is 1.79. The summed E-state index contributed by atoms with van der Waals surface area (Å²) >= 11 is 0. The number of ether oxygens (including phenoxy) is 2. The van der Waals surface area contributed by atoms with Gasteiger partial charge < -0.3 is 20.5 Å². The van der Waals surface area contributed by atoms with Crippen molar-refractivity contribution in [3.05, 3.63) is 53.6 Å². The number of benzene rings is 2. The molecule has 5 nitrogen and oxygen atoms in total. The van der Waals surface area contributed by atoms with E-state index in [-0.39, 0.29) is 30.5 Å². The minimum absolute atomic E-state index is 0. The van der Waals surface area contributed by atoms with Crippen molar-refractivity contribution in [3.8, 4) is 16.9 Å². The van der Waals surface area contributed by atoms with Gasteiger partial charge in [0, 0.05) is 13.1 Å². The van der Waals surface area contributed by atoms with Crippen LogP contribution in [0, 0.1) is 0 Å². The first-order valence-corrected chi connectivity index (χ1v) is 9.71. The lowest BCUT2D eigenvalue weighted by molar-refractivity contribution is -0.132. The van der Waals surface area contributed by atoms with Crippen LogP contribution < -0.4 is 15.8 Å². The van der Waals surface area contributed by atoms with Crippen LogP contribution in [0.5, 0.6) is 5.75 Å². The van der Waals surface area contributed by atoms with Crippen LogP contribution in [0.3, 0.4) is 0 Å². The van der Waals surface area contributed by atoms with Crippen LogP contribution in [0.2, 0.25) is 0 Å². The largest absolute Gasteiger partial charge is 0.493 e. The van der Waals surface area contributed by atoms with E-state index in [0.717, 1.165) is 43.6 Å². The van der Waals surface area contributed by atoms with Gasteiger partial charge in [0.15, 0.2) is 0 Å². The van der Waals surface area contributed by atoms with Crippen LogP contribution in [0.1, 0.15) is 30.4 Å². The first kappa shape index (κ1) is 20.6. The number of amides is 1. The van der Waals surface area contributed by atoms with Gasteiger partial charge in [-0.2, -0.15) is 0 Å². The lowest BCUT2D eigenvalue weighted by Crippen LogP contribution is -2.35. The third-order valence-corrected chi connectivity index (χ3v) is 5.33. The fourth-order valence-corrected chi connectivity index (χ4v) is 3.73. The second kappa shape index (κ2) is 9.41. The van der Waals surface area contributed by atoms with Crippen LogP contribution >= 0.6 is 12.4 Å². The number of rotatable bonds is 5. The first-order valence-electron chi connectivity index (χ1n) is 9.71. The SMILES string of the molecule is Cl.NC[C@H]1CC[C@@H](C(=O)NCc2ccc(-c3ccc4c(c3)CCCO4)cc2)O1. The summed E-state index contributed by atoms with van der Waals surface area (Å²) in [5, 5.41) is 2.96. The first-order chi connectivity index (χ1) is 13.2. The molecule has 0 aromatic heterocycles. The van der Waals surface area contributed by atoms with Crippen molar-refractivity contribution < 1.29 is 14.3 Å². The number of fused-ring (bicyclic) bond motifs is 1. The zero-order valence-corrected chi connectivity index (χ0v) is 16.7. The molecule has 2 aliphatic rings. The second-order valence-corrected chi connectivity index (χ2v) is 7.25. The fraction of sp³-hybridized carbons (Fsp3) is 0.409. The highest BCUT2D eigenvalue weighted by Crippen LogP contribution is 2.30. The van der Waals surface area contributed by atoms with Crippen LogP contribution in [-0.2, 0) is 22.5 Å². The molecule has 2 aromatic carbocycles. The molecule has 0 aliphatic carbocycles. The highest BCUT2D eigenvalue weighted by molar-refractivity contribution is 5.85. The van der Waals surface area contributed by atoms with Gasteiger partial charge in [0.1, 0.15) is 11.9 Å². The Bertz CT molecular complexity index is 810. The molecule has 0 saturated carbocycles. The lowest BCUT2D eigenvalue weighted by atomic mass is 9.98. The highest BCUT2D eigenvalue weighted by atomic mass is 35.5. The Balaban J connectivity index is 0.00000225. The molecule has 28 heavy (non-hydrogen) atoms. The number of hydrogen-bond donors (Lipinski definition) is 2. The van der Waals surface area contributed by atoms with Crippen molar-refractivity contribution in [2.45, 2.75) is 44.4 Å². The molecule has 2 atom stereocenters. The van der Waals surface area contributed by atoms with Gasteiger partial charge in [-0.05, 0) is 60.1 Å². The standard InChI is InChI=1S/C22H26N2O3.ClH/c23-13-19-8-10-21(27-19)22(25)24-14-15-3-5-16(6-4-15)17-7-9-20-18(12-17)2-1-11-26-20;/h3-7,9,12,19,21H,1-2,8,10-11,13-14,23H2,(H,24,25);1H/t19-,21+;/m1./s1.